The number of carbonyl (C=O) groups is 2. The molecule has 0 spiro atoms. The molecule has 1 aliphatic rings. The Balaban J connectivity index is 1.88. The number of hydrogen-bond acceptors (Lipinski definition) is 3. The van der Waals surface area contributed by atoms with E-state index in [2.05, 4.69) is 10.6 Å². The van der Waals surface area contributed by atoms with Crippen LogP contribution in [0.3, 0.4) is 0 Å². The third-order valence-corrected chi connectivity index (χ3v) is 3.49. The summed E-state index contributed by atoms with van der Waals surface area (Å²) in [6, 6.07) is 7.52. The predicted molar refractivity (Wildman–Crippen MR) is 80.7 cm³/mol. The smallest absolute Gasteiger partial charge is 0.226 e. The van der Waals surface area contributed by atoms with Crippen molar-refractivity contribution in [1.29, 1.82) is 0 Å². The van der Waals surface area contributed by atoms with Crippen molar-refractivity contribution in [2.24, 2.45) is 11.8 Å². The van der Waals surface area contributed by atoms with Crippen molar-refractivity contribution in [3.05, 3.63) is 29.8 Å². The Bertz CT molecular complexity index is 508. The van der Waals surface area contributed by atoms with E-state index in [4.69, 9.17) is 4.74 Å². The standard InChI is InChI=1S/C16H22N2O3/c1-11(2)15(19)18-14-5-3-4-12(8-14)9-17-16(20)13-6-7-21-10-13/h3-5,8,11,13H,6-7,9-10H2,1-2H3,(H,17,20)(H,18,19)/t13-/m0/s1. The topological polar surface area (TPSA) is 67.4 Å². The summed E-state index contributed by atoms with van der Waals surface area (Å²) in [6.45, 7) is 5.33. The van der Waals surface area contributed by atoms with Gasteiger partial charge in [-0.2, -0.15) is 0 Å². The third kappa shape index (κ3) is 4.56. The van der Waals surface area contributed by atoms with E-state index in [-0.39, 0.29) is 23.7 Å². The summed E-state index contributed by atoms with van der Waals surface area (Å²) in [6.07, 6.45) is 0.788. The Hall–Kier alpha value is -1.88. The van der Waals surface area contributed by atoms with Crippen molar-refractivity contribution in [3.63, 3.8) is 0 Å². The SMILES string of the molecule is CC(C)C(=O)Nc1cccc(CNC(=O)[C@H]2CCOC2)c1. The van der Waals surface area contributed by atoms with Crippen LogP contribution in [0.25, 0.3) is 0 Å². The Labute approximate surface area is 125 Å². The first-order chi connectivity index (χ1) is 10.1. The second-order valence-corrected chi connectivity index (χ2v) is 5.62. The maximum absolute atomic E-state index is 11.9. The highest BCUT2D eigenvalue weighted by molar-refractivity contribution is 5.92. The van der Waals surface area contributed by atoms with Crippen LogP contribution in [0, 0.1) is 11.8 Å². The first-order valence-corrected chi connectivity index (χ1v) is 7.31. The molecule has 2 rings (SSSR count). The van der Waals surface area contributed by atoms with E-state index in [0.717, 1.165) is 17.7 Å². The molecule has 21 heavy (non-hydrogen) atoms. The monoisotopic (exact) mass is 290 g/mol. The summed E-state index contributed by atoms with van der Waals surface area (Å²) in [5.74, 6) is -0.0760. The summed E-state index contributed by atoms with van der Waals surface area (Å²) >= 11 is 0. The molecule has 1 aromatic carbocycles. The van der Waals surface area contributed by atoms with E-state index in [1.54, 1.807) is 0 Å². The molecule has 0 radical (unpaired) electrons. The second kappa shape index (κ2) is 7.22. The molecular formula is C16H22N2O3. The van der Waals surface area contributed by atoms with Gasteiger partial charge in [-0.15, -0.1) is 0 Å². The van der Waals surface area contributed by atoms with E-state index in [9.17, 15) is 9.59 Å². The van der Waals surface area contributed by atoms with Gasteiger partial charge in [0.1, 0.15) is 0 Å². The van der Waals surface area contributed by atoms with Gasteiger partial charge in [-0.25, -0.2) is 0 Å². The zero-order chi connectivity index (χ0) is 15.2. The van der Waals surface area contributed by atoms with E-state index in [1.165, 1.54) is 0 Å². The maximum atomic E-state index is 11.9. The summed E-state index contributed by atoms with van der Waals surface area (Å²) in [5, 5.41) is 5.77. The van der Waals surface area contributed by atoms with Crippen LogP contribution in [0.1, 0.15) is 25.8 Å². The predicted octanol–water partition coefficient (Wildman–Crippen LogP) is 1.93. The number of carbonyl (C=O) groups excluding carboxylic acids is 2. The Morgan fingerprint density at radius 3 is 2.86 bits per heavy atom. The number of rotatable bonds is 5. The minimum absolute atomic E-state index is 0.0145. The van der Waals surface area contributed by atoms with Gasteiger partial charge in [-0.05, 0) is 24.1 Å². The summed E-state index contributed by atoms with van der Waals surface area (Å²) < 4.78 is 5.21. The maximum Gasteiger partial charge on any atom is 0.226 e. The fraction of sp³-hybridized carbons (Fsp3) is 0.500. The third-order valence-electron chi connectivity index (χ3n) is 3.49. The van der Waals surface area contributed by atoms with Gasteiger partial charge in [0.2, 0.25) is 11.8 Å². The van der Waals surface area contributed by atoms with Crippen LogP contribution in [-0.4, -0.2) is 25.0 Å². The summed E-state index contributed by atoms with van der Waals surface area (Å²) in [4.78, 5) is 23.6. The zero-order valence-corrected chi connectivity index (χ0v) is 12.5. The van der Waals surface area contributed by atoms with Gasteiger partial charge in [0, 0.05) is 24.8 Å². The van der Waals surface area contributed by atoms with Gasteiger partial charge in [-0.1, -0.05) is 26.0 Å². The molecule has 0 aliphatic carbocycles. The Morgan fingerprint density at radius 1 is 1.38 bits per heavy atom. The van der Waals surface area contributed by atoms with Crippen molar-refractivity contribution in [2.75, 3.05) is 18.5 Å². The van der Waals surface area contributed by atoms with Crippen LogP contribution >= 0.6 is 0 Å². The van der Waals surface area contributed by atoms with Crippen LogP contribution in [0.15, 0.2) is 24.3 Å². The van der Waals surface area contributed by atoms with Gasteiger partial charge in [0.25, 0.3) is 0 Å². The normalized spacial score (nSPS) is 17.8. The van der Waals surface area contributed by atoms with Crippen molar-refractivity contribution in [3.8, 4) is 0 Å². The first kappa shape index (κ1) is 15.5. The van der Waals surface area contributed by atoms with E-state index < -0.39 is 0 Å². The molecule has 5 heteroatoms. The lowest BCUT2D eigenvalue weighted by Gasteiger charge is -2.11. The molecule has 1 aliphatic heterocycles. The lowest BCUT2D eigenvalue weighted by molar-refractivity contribution is -0.125. The van der Waals surface area contributed by atoms with Crippen LogP contribution < -0.4 is 10.6 Å². The van der Waals surface area contributed by atoms with E-state index >= 15 is 0 Å². The van der Waals surface area contributed by atoms with Crippen LogP contribution in [0.4, 0.5) is 5.69 Å². The number of nitrogens with one attached hydrogen (secondary N) is 2. The lowest BCUT2D eigenvalue weighted by Crippen LogP contribution is -2.30. The number of amides is 2. The highest BCUT2D eigenvalue weighted by atomic mass is 16.5. The molecule has 0 bridgehead atoms. The van der Waals surface area contributed by atoms with Crippen molar-refractivity contribution >= 4 is 17.5 Å². The first-order valence-electron chi connectivity index (χ1n) is 7.31. The minimum Gasteiger partial charge on any atom is -0.381 e. The van der Waals surface area contributed by atoms with Gasteiger partial charge in [0.15, 0.2) is 0 Å². The highest BCUT2D eigenvalue weighted by Gasteiger charge is 2.22. The number of ether oxygens (including phenoxy) is 1. The molecule has 1 saturated heterocycles. The minimum atomic E-state index is -0.0595. The second-order valence-electron chi connectivity index (χ2n) is 5.62. The van der Waals surface area contributed by atoms with E-state index in [1.807, 2.05) is 38.1 Å². The average Bonchev–Trinajstić information content (AvgIpc) is 2.99. The molecule has 2 amide bonds. The van der Waals surface area contributed by atoms with Crippen molar-refractivity contribution in [1.82, 2.24) is 5.32 Å². The molecule has 1 atom stereocenters. The molecule has 1 fully saturated rings. The number of hydrogen-bond donors (Lipinski definition) is 2. The van der Waals surface area contributed by atoms with Crippen LogP contribution in [0.5, 0.6) is 0 Å². The molecule has 0 aromatic heterocycles. The molecule has 0 saturated carbocycles. The Morgan fingerprint density at radius 2 is 2.19 bits per heavy atom. The molecule has 1 aromatic rings. The molecule has 5 nitrogen and oxygen atoms in total. The lowest BCUT2D eigenvalue weighted by atomic mass is 10.1. The molecule has 2 N–H and O–H groups in total. The largest absolute Gasteiger partial charge is 0.381 e. The fourth-order valence-corrected chi connectivity index (χ4v) is 2.12. The molecule has 0 unspecified atom stereocenters. The molecule has 114 valence electrons. The van der Waals surface area contributed by atoms with Crippen LogP contribution in [-0.2, 0) is 20.9 Å². The number of anilines is 1. The fourth-order valence-electron chi connectivity index (χ4n) is 2.12. The molecular weight excluding hydrogens is 268 g/mol. The van der Waals surface area contributed by atoms with E-state index in [0.29, 0.717) is 19.8 Å². The van der Waals surface area contributed by atoms with Gasteiger partial charge < -0.3 is 15.4 Å². The van der Waals surface area contributed by atoms with Gasteiger partial charge >= 0.3 is 0 Å². The highest BCUT2D eigenvalue weighted by Crippen LogP contribution is 2.14. The summed E-state index contributed by atoms with van der Waals surface area (Å²) in [5.41, 5.74) is 1.72. The quantitative estimate of drug-likeness (QED) is 0.870. The van der Waals surface area contributed by atoms with Gasteiger partial charge in [0.05, 0.1) is 12.5 Å². The molecule has 1 heterocycles. The average molecular weight is 290 g/mol. The van der Waals surface area contributed by atoms with Gasteiger partial charge in [-0.3, -0.25) is 9.59 Å². The Kier molecular flexibility index (Phi) is 5.33. The number of benzene rings is 1. The summed E-state index contributed by atoms with van der Waals surface area (Å²) in [7, 11) is 0. The van der Waals surface area contributed by atoms with Crippen molar-refractivity contribution < 1.29 is 14.3 Å². The van der Waals surface area contributed by atoms with Crippen LogP contribution in [0.2, 0.25) is 0 Å². The van der Waals surface area contributed by atoms with Crippen molar-refractivity contribution in [2.45, 2.75) is 26.8 Å². The zero-order valence-electron chi connectivity index (χ0n) is 12.5.